The maximum absolute atomic E-state index is 13.1. The van der Waals surface area contributed by atoms with Crippen molar-refractivity contribution in [3.05, 3.63) is 70.0 Å². The van der Waals surface area contributed by atoms with Crippen LogP contribution in [-0.2, 0) is 13.0 Å². The van der Waals surface area contributed by atoms with Gasteiger partial charge in [-0.1, -0.05) is 37.6 Å². The second-order valence-electron chi connectivity index (χ2n) is 7.96. The number of pyridine rings is 1. The average molecular weight is 418 g/mol. The third kappa shape index (κ3) is 3.93. The van der Waals surface area contributed by atoms with Crippen LogP contribution in [0.2, 0.25) is 0 Å². The van der Waals surface area contributed by atoms with E-state index in [2.05, 4.69) is 58.5 Å². The number of benzene rings is 1. The molecule has 0 unspecified atom stereocenters. The van der Waals surface area contributed by atoms with Crippen molar-refractivity contribution in [2.24, 2.45) is 0 Å². The molecule has 0 saturated heterocycles. The molecule has 0 radical (unpaired) electrons. The molecule has 160 valence electrons. The maximum Gasteiger partial charge on any atom is 0.329 e. The fraction of sp³-hybridized carbons (Fsp3) is 0.348. The third-order valence-electron chi connectivity index (χ3n) is 5.52. The van der Waals surface area contributed by atoms with E-state index >= 15 is 0 Å². The monoisotopic (exact) mass is 417 g/mol. The van der Waals surface area contributed by atoms with Crippen molar-refractivity contribution >= 4 is 0 Å². The van der Waals surface area contributed by atoms with Gasteiger partial charge in [-0.3, -0.25) is 14.1 Å². The minimum Gasteiger partial charge on any atom is -0.294 e. The van der Waals surface area contributed by atoms with Gasteiger partial charge < -0.3 is 0 Å². The first-order valence-corrected chi connectivity index (χ1v) is 10.6. The van der Waals surface area contributed by atoms with Crippen LogP contribution in [0.4, 0.5) is 0 Å². The number of hydrogen-bond donors (Lipinski definition) is 1. The van der Waals surface area contributed by atoms with Crippen molar-refractivity contribution < 1.29 is 0 Å². The SMILES string of the molecule is CCCc1c(C)n(C(C)C)c(=O)n1Cc1ccc(-c2ncccc2-c2nnn[nH]2)cc1. The van der Waals surface area contributed by atoms with E-state index in [0.717, 1.165) is 46.6 Å². The van der Waals surface area contributed by atoms with Crippen molar-refractivity contribution in [1.29, 1.82) is 0 Å². The number of nitrogens with one attached hydrogen (secondary N) is 1. The Hall–Kier alpha value is -3.55. The molecule has 3 aromatic heterocycles. The predicted molar refractivity (Wildman–Crippen MR) is 120 cm³/mol. The van der Waals surface area contributed by atoms with Crippen LogP contribution in [0.25, 0.3) is 22.6 Å². The van der Waals surface area contributed by atoms with Gasteiger partial charge in [0.2, 0.25) is 0 Å². The van der Waals surface area contributed by atoms with E-state index in [1.54, 1.807) is 6.20 Å². The molecule has 3 heterocycles. The number of tetrazole rings is 1. The first-order chi connectivity index (χ1) is 15.0. The molecule has 0 atom stereocenters. The van der Waals surface area contributed by atoms with Crippen LogP contribution in [0.3, 0.4) is 0 Å². The third-order valence-corrected chi connectivity index (χ3v) is 5.52. The fourth-order valence-electron chi connectivity index (χ4n) is 4.10. The number of aromatic nitrogens is 7. The van der Waals surface area contributed by atoms with Crippen LogP contribution in [0.1, 0.15) is 50.2 Å². The molecular weight excluding hydrogens is 390 g/mol. The predicted octanol–water partition coefficient (Wildman–Crippen LogP) is 3.78. The van der Waals surface area contributed by atoms with E-state index in [4.69, 9.17) is 0 Å². The second-order valence-corrected chi connectivity index (χ2v) is 7.96. The number of hydrogen-bond acceptors (Lipinski definition) is 5. The van der Waals surface area contributed by atoms with Crippen molar-refractivity contribution in [1.82, 2.24) is 34.7 Å². The molecule has 0 saturated carbocycles. The zero-order chi connectivity index (χ0) is 22.0. The van der Waals surface area contributed by atoms with Crippen molar-refractivity contribution in [3.63, 3.8) is 0 Å². The zero-order valence-electron chi connectivity index (χ0n) is 18.3. The summed E-state index contributed by atoms with van der Waals surface area (Å²) in [5.41, 5.74) is 5.93. The summed E-state index contributed by atoms with van der Waals surface area (Å²) in [6.07, 6.45) is 3.65. The van der Waals surface area contributed by atoms with Gasteiger partial charge in [0.1, 0.15) is 0 Å². The van der Waals surface area contributed by atoms with E-state index in [1.807, 2.05) is 40.3 Å². The Balaban J connectivity index is 1.67. The number of rotatable bonds is 7. The molecule has 0 bridgehead atoms. The number of imidazole rings is 1. The highest BCUT2D eigenvalue weighted by atomic mass is 16.1. The van der Waals surface area contributed by atoms with E-state index in [-0.39, 0.29) is 11.7 Å². The van der Waals surface area contributed by atoms with Gasteiger partial charge in [-0.2, -0.15) is 0 Å². The summed E-state index contributed by atoms with van der Waals surface area (Å²) in [6.45, 7) is 8.85. The van der Waals surface area contributed by atoms with Crippen molar-refractivity contribution in [2.45, 2.75) is 53.1 Å². The highest BCUT2D eigenvalue weighted by molar-refractivity contribution is 5.76. The smallest absolute Gasteiger partial charge is 0.294 e. The second kappa shape index (κ2) is 8.67. The lowest BCUT2D eigenvalue weighted by Gasteiger charge is -2.10. The van der Waals surface area contributed by atoms with Crippen molar-refractivity contribution in [2.75, 3.05) is 0 Å². The lowest BCUT2D eigenvalue weighted by Crippen LogP contribution is -2.27. The van der Waals surface area contributed by atoms with Crippen LogP contribution < -0.4 is 5.69 Å². The van der Waals surface area contributed by atoms with E-state index in [9.17, 15) is 4.79 Å². The summed E-state index contributed by atoms with van der Waals surface area (Å²) in [5.74, 6) is 0.577. The molecule has 4 rings (SSSR count). The summed E-state index contributed by atoms with van der Waals surface area (Å²) in [4.78, 5) is 17.6. The molecule has 1 aromatic carbocycles. The molecule has 8 nitrogen and oxygen atoms in total. The van der Waals surface area contributed by atoms with Gasteiger partial charge in [-0.25, -0.2) is 9.89 Å². The van der Waals surface area contributed by atoms with Gasteiger partial charge >= 0.3 is 5.69 Å². The summed E-state index contributed by atoms with van der Waals surface area (Å²) >= 11 is 0. The van der Waals surface area contributed by atoms with Gasteiger partial charge in [-0.15, -0.1) is 5.10 Å². The van der Waals surface area contributed by atoms with E-state index in [0.29, 0.717) is 12.4 Å². The van der Waals surface area contributed by atoms with Gasteiger partial charge in [-0.05, 0) is 55.3 Å². The summed E-state index contributed by atoms with van der Waals surface area (Å²) in [6, 6.07) is 12.1. The molecule has 0 aliphatic carbocycles. The minimum absolute atomic E-state index is 0.0601. The topological polar surface area (TPSA) is 94.3 Å². The first-order valence-electron chi connectivity index (χ1n) is 10.6. The molecule has 0 spiro atoms. The fourth-order valence-corrected chi connectivity index (χ4v) is 4.10. The van der Waals surface area contributed by atoms with Gasteiger partial charge in [0.15, 0.2) is 5.82 Å². The van der Waals surface area contributed by atoms with E-state index < -0.39 is 0 Å². The summed E-state index contributed by atoms with van der Waals surface area (Å²) < 4.78 is 3.81. The van der Waals surface area contributed by atoms with Crippen LogP contribution in [0.5, 0.6) is 0 Å². The first kappa shape index (κ1) is 20.7. The Morgan fingerprint density at radius 2 is 1.90 bits per heavy atom. The highest BCUT2D eigenvalue weighted by Gasteiger charge is 2.18. The number of nitrogens with zero attached hydrogens (tertiary/aromatic N) is 6. The zero-order valence-corrected chi connectivity index (χ0v) is 18.3. The molecule has 4 aromatic rings. The molecule has 0 aliphatic heterocycles. The van der Waals surface area contributed by atoms with Gasteiger partial charge in [0.25, 0.3) is 0 Å². The van der Waals surface area contributed by atoms with Crippen LogP contribution in [-0.4, -0.2) is 34.7 Å². The quantitative estimate of drug-likeness (QED) is 0.494. The summed E-state index contributed by atoms with van der Waals surface area (Å²) in [5, 5.41) is 14.1. The van der Waals surface area contributed by atoms with Crippen LogP contribution >= 0.6 is 0 Å². The molecule has 0 amide bonds. The van der Waals surface area contributed by atoms with Gasteiger partial charge in [0, 0.05) is 34.8 Å². The summed E-state index contributed by atoms with van der Waals surface area (Å²) in [7, 11) is 0. The Kier molecular flexibility index (Phi) is 5.79. The molecule has 0 fully saturated rings. The molecular formula is C23H27N7O. The molecule has 1 N–H and O–H groups in total. The van der Waals surface area contributed by atoms with Crippen molar-refractivity contribution in [3.8, 4) is 22.6 Å². The Bertz CT molecular complexity index is 1220. The Morgan fingerprint density at radius 1 is 1.13 bits per heavy atom. The minimum atomic E-state index is 0.0601. The lowest BCUT2D eigenvalue weighted by atomic mass is 10.0. The largest absolute Gasteiger partial charge is 0.329 e. The lowest BCUT2D eigenvalue weighted by molar-refractivity contribution is 0.550. The highest BCUT2D eigenvalue weighted by Crippen LogP contribution is 2.27. The Labute approximate surface area is 181 Å². The van der Waals surface area contributed by atoms with Gasteiger partial charge in [0.05, 0.1) is 12.2 Å². The maximum atomic E-state index is 13.1. The number of H-pyrrole nitrogens is 1. The number of aromatic amines is 1. The molecule has 0 aliphatic rings. The van der Waals surface area contributed by atoms with E-state index in [1.165, 1.54) is 0 Å². The van der Waals surface area contributed by atoms with Crippen LogP contribution in [0, 0.1) is 6.92 Å². The molecule has 8 heteroatoms. The average Bonchev–Trinajstić information content (AvgIpc) is 3.38. The Morgan fingerprint density at radius 3 is 2.55 bits per heavy atom. The molecule has 31 heavy (non-hydrogen) atoms. The standard InChI is InChI=1S/C23H27N7O/c1-5-7-20-16(4)30(15(2)3)23(31)29(20)14-17-9-11-18(12-10-17)21-19(8-6-13-24-21)22-25-27-28-26-22/h6,8-13,15H,5,7,14H2,1-4H3,(H,25,26,27,28). The van der Waals surface area contributed by atoms with Crippen LogP contribution in [0.15, 0.2) is 47.4 Å². The normalized spacial score (nSPS) is 11.4.